The fourth-order valence-corrected chi connectivity index (χ4v) is 2.69. The molecule has 1 saturated heterocycles. The molecular formula is C12H16FIN2O. The third kappa shape index (κ3) is 3.15. The van der Waals surface area contributed by atoms with Gasteiger partial charge in [-0.25, -0.2) is 4.39 Å². The second-order valence-electron chi connectivity index (χ2n) is 4.15. The van der Waals surface area contributed by atoms with Crippen molar-refractivity contribution in [1.82, 2.24) is 10.2 Å². The Balaban J connectivity index is 2.24. The topological polar surface area (TPSA) is 35.5 Å². The van der Waals surface area contributed by atoms with Crippen LogP contribution in [0, 0.1) is 9.39 Å². The molecule has 1 atom stereocenters. The van der Waals surface area contributed by atoms with E-state index in [9.17, 15) is 9.50 Å². The van der Waals surface area contributed by atoms with Gasteiger partial charge >= 0.3 is 0 Å². The summed E-state index contributed by atoms with van der Waals surface area (Å²) >= 11 is 2.16. The standard InChI is InChI=1S/C12H16FIN2O/c13-11-2-1-9(14)7-10(11)12(8-17)16-5-3-15-4-6-16/h1-2,7,12,15,17H,3-6,8H2/t12-/m1/s1. The third-order valence-electron chi connectivity index (χ3n) is 3.08. The molecule has 0 unspecified atom stereocenters. The average molecular weight is 350 g/mol. The van der Waals surface area contributed by atoms with E-state index in [0.717, 1.165) is 29.7 Å². The lowest BCUT2D eigenvalue weighted by Crippen LogP contribution is -2.46. The van der Waals surface area contributed by atoms with E-state index in [2.05, 4.69) is 32.8 Å². The maximum absolute atomic E-state index is 13.8. The molecule has 2 rings (SSSR count). The van der Waals surface area contributed by atoms with Crippen molar-refractivity contribution in [2.45, 2.75) is 6.04 Å². The highest BCUT2D eigenvalue weighted by Gasteiger charge is 2.23. The van der Waals surface area contributed by atoms with Gasteiger partial charge in [0.2, 0.25) is 0 Å². The first-order valence-electron chi connectivity index (χ1n) is 5.73. The van der Waals surface area contributed by atoms with E-state index in [1.54, 1.807) is 6.07 Å². The predicted octanol–water partition coefficient (Wildman–Crippen LogP) is 1.37. The first kappa shape index (κ1) is 13.2. The summed E-state index contributed by atoms with van der Waals surface area (Å²) in [5.41, 5.74) is 0.598. The molecule has 1 aromatic rings. The molecule has 0 bridgehead atoms. The lowest BCUT2D eigenvalue weighted by molar-refractivity contribution is 0.108. The minimum absolute atomic E-state index is 0.0446. The first-order chi connectivity index (χ1) is 8.22. The van der Waals surface area contributed by atoms with Gasteiger partial charge in [0.15, 0.2) is 0 Å². The predicted molar refractivity (Wildman–Crippen MR) is 73.4 cm³/mol. The van der Waals surface area contributed by atoms with Gasteiger partial charge in [0, 0.05) is 35.3 Å². The van der Waals surface area contributed by atoms with Gasteiger partial charge in [-0.05, 0) is 40.8 Å². The third-order valence-corrected chi connectivity index (χ3v) is 3.75. The molecule has 1 heterocycles. The van der Waals surface area contributed by atoms with Gasteiger partial charge in [-0.1, -0.05) is 0 Å². The summed E-state index contributed by atoms with van der Waals surface area (Å²) in [4.78, 5) is 2.13. The Morgan fingerprint density at radius 2 is 2.12 bits per heavy atom. The molecule has 2 N–H and O–H groups in total. The van der Waals surface area contributed by atoms with Crippen LogP contribution in [0.4, 0.5) is 4.39 Å². The van der Waals surface area contributed by atoms with Crippen molar-refractivity contribution >= 4 is 22.6 Å². The van der Waals surface area contributed by atoms with Gasteiger partial charge in [0.05, 0.1) is 12.6 Å². The zero-order valence-corrected chi connectivity index (χ0v) is 11.7. The molecule has 0 aliphatic carbocycles. The Kier molecular flexibility index (Phi) is 4.72. The molecule has 1 aliphatic heterocycles. The molecule has 0 radical (unpaired) electrons. The number of aliphatic hydroxyl groups is 1. The summed E-state index contributed by atoms with van der Waals surface area (Å²) < 4.78 is 14.8. The van der Waals surface area contributed by atoms with Crippen molar-refractivity contribution in [1.29, 1.82) is 0 Å². The molecule has 3 nitrogen and oxygen atoms in total. The Morgan fingerprint density at radius 3 is 2.76 bits per heavy atom. The maximum Gasteiger partial charge on any atom is 0.128 e. The number of aliphatic hydroxyl groups excluding tert-OH is 1. The van der Waals surface area contributed by atoms with Crippen molar-refractivity contribution in [2.75, 3.05) is 32.8 Å². The SMILES string of the molecule is OC[C@H](c1cc(I)ccc1F)N1CCNCC1. The Bertz CT molecular complexity index is 383. The molecule has 0 saturated carbocycles. The summed E-state index contributed by atoms with van der Waals surface area (Å²) in [6, 6.07) is 4.80. The Hall–Kier alpha value is -0.240. The van der Waals surface area contributed by atoms with Gasteiger partial charge in [-0.15, -0.1) is 0 Å². The zero-order valence-electron chi connectivity index (χ0n) is 9.50. The molecule has 0 aromatic heterocycles. The van der Waals surface area contributed by atoms with Crippen molar-refractivity contribution < 1.29 is 9.50 Å². The van der Waals surface area contributed by atoms with Crippen LogP contribution in [0.15, 0.2) is 18.2 Å². The van der Waals surface area contributed by atoms with Crippen molar-refractivity contribution in [2.24, 2.45) is 0 Å². The van der Waals surface area contributed by atoms with E-state index < -0.39 is 0 Å². The monoisotopic (exact) mass is 350 g/mol. The van der Waals surface area contributed by atoms with Crippen molar-refractivity contribution in [3.8, 4) is 0 Å². The van der Waals surface area contributed by atoms with E-state index in [1.807, 2.05) is 6.07 Å². The summed E-state index contributed by atoms with van der Waals surface area (Å²) in [5, 5.41) is 12.8. The number of benzene rings is 1. The number of rotatable bonds is 3. The summed E-state index contributed by atoms with van der Waals surface area (Å²) in [6.45, 7) is 3.42. The highest BCUT2D eigenvalue weighted by Crippen LogP contribution is 2.25. The Labute approximate surface area is 114 Å². The number of halogens is 2. The van der Waals surface area contributed by atoms with Crippen LogP contribution in [-0.2, 0) is 0 Å². The summed E-state index contributed by atoms with van der Waals surface area (Å²) in [5.74, 6) is -0.233. The van der Waals surface area contributed by atoms with Crippen molar-refractivity contribution in [3.05, 3.63) is 33.1 Å². The number of nitrogens with zero attached hydrogens (tertiary/aromatic N) is 1. The van der Waals surface area contributed by atoms with Crippen LogP contribution >= 0.6 is 22.6 Å². The Morgan fingerprint density at radius 1 is 1.41 bits per heavy atom. The normalized spacial score (nSPS) is 19.2. The number of hydrogen-bond donors (Lipinski definition) is 2. The minimum atomic E-state index is -0.233. The largest absolute Gasteiger partial charge is 0.394 e. The fourth-order valence-electron chi connectivity index (χ4n) is 2.17. The van der Waals surface area contributed by atoms with E-state index in [0.29, 0.717) is 5.56 Å². The van der Waals surface area contributed by atoms with Crippen LogP contribution in [0.5, 0.6) is 0 Å². The highest BCUT2D eigenvalue weighted by atomic mass is 127. The lowest BCUT2D eigenvalue weighted by atomic mass is 10.0. The molecule has 5 heteroatoms. The summed E-state index contributed by atoms with van der Waals surface area (Å²) in [6.07, 6.45) is 0. The minimum Gasteiger partial charge on any atom is -0.394 e. The van der Waals surface area contributed by atoms with Crippen LogP contribution in [0.2, 0.25) is 0 Å². The summed E-state index contributed by atoms with van der Waals surface area (Å²) in [7, 11) is 0. The van der Waals surface area contributed by atoms with Gasteiger partial charge < -0.3 is 10.4 Å². The second kappa shape index (κ2) is 6.08. The molecule has 0 spiro atoms. The second-order valence-corrected chi connectivity index (χ2v) is 5.40. The van der Waals surface area contributed by atoms with Crippen LogP contribution in [0.1, 0.15) is 11.6 Å². The zero-order chi connectivity index (χ0) is 12.3. The van der Waals surface area contributed by atoms with Gasteiger partial charge in [-0.3, -0.25) is 4.90 Å². The molecule has 1 aliphatic rings. The highest BCUT2D eigenvalue weighted by molar-refractivity contribution is 14.1. The van der Waals surface area contributed by atoms with Crippen LogP contribution < -0.4 is 5.32 Å². The van der Waals surface area contributed by atoms with Crippen molar-refractivity contribution in [3.63, 3.8) is 0 Å². The molecular weight excluding hydrogens is 334 g/mol. The van der Waals surface area contributed by atoms with E-state index in [1.165, 1.54) is 6.07 Å². The number of piperazine rings is 1. The molecule has 1 fully saturated rings. The number of nitrogens with one attached hydrogen (secondary N) is 1. The van der Waals surface area contributed by atoms with E-state index in [4.69, 9.17) is 0 Å². The van der Waals surface area contributed by atoms with Gasteiger partial charge in [0.25, 0.3) is 0 Å². The van der Waals surface area contributed by atoms with E-state index in [-0.39, 0.29) is 18.5 Å². The molecule has 0 amide bonds. The molecule has 17 heavy (non-hydrogen) atoms. The smallest absolute Gasteiger partial charge is 0.128 e. The quantitative estimate of drug-likeness (QED) is 0.809. The van der Waals surface area contributed by atoms with Gasteiger partial charge in [0.1, 0.15) is 5.82 Å². The maximum atomic E-state index is 13.8. The van der Waals surface area contributed by atoms with Crippen LogP contribution in [0.3, 0.4) is 0 Å². The fraction of sp³-hybridized carbons (Fsp3) is 0.500. The van der Waals surface area contributed by atoms with Crippen LogP contribution in [0.25, 0.3) is 0 Å². The number of hydrogen-bond acceptors (Lipinski definition) is 3. The first-order valence-corrected chi connectivity index (χ1v) is 6.81. The van der Waals surface area contributed by atoms with Gasteiger partial charge in [-0.2, -0.15) is 0 Å². The lowest BCUT2D eigenvalue weighted by Gasteiger charge is -2.34. The van der Waals surface area contributed by atoms with E-state index >= 15 is 0 Å². The molecule has 1 aromatic carbocycles. The molecule has 94 valence electrons. The average Bonchev–Trinajstić information content (AvgIpc) is 2.36. The van der Waals surface area contributed by atoms with Crippen LogP contribution in [-0.4, -0.2) is 42.8 Å².